The summed E-state index contributed by atoms with van der Waals surface area (Å²) in [6.07, 6.45) is 1.16. The van der Waals surface area contributed by atoms with Gasteiger partial charge in [0, 0.05) is 10.5 Å². The van der Waals surface area contributed by atoms with Gasteiger partial charge < -0.3 is 11.1 Å². The molecular weight excluding hydrogens is 284 g/mol. The third-order valence-electron chi connectivity index (χ3n) is 2.31. The lowest BCUT2D eigenvalue weighted by molar-refractivity contribution is 0.772. The first-order valence-electron chi connectivity index (χ1n) is 5.52. The average Bonchev–Trinajstić information content (AvgIpc) is 2.23. The minimum atomic E-state index is 0.461. The number of anilines is 2. The van der Waals surface area contributed by atoms with Gasteiger partial charge in [-0.25, -0.2) is 0 Å². The van der Waals surface area contributed by atoms with Crippen LogP contribution in [-0.4, -0.2) is 17.5 Å². The summed E-state index contributed by atoms with van der Waals surface area (Å²) in [6, 6.07) is 6.41. The molecule has 0 saturated carbocycles. The predicted molar refractivity (Wildman–Crippen MR) is 79.3 cm³/mol. The lowest BCUT2D eigenvalue weighted by Gasteiger charge is -2.16. The molecular formula is C12H19BrN2S. The molecule has 1 rings (SSSR count). The second kappa shape index (κ2) is 7.07. The number of halogens is 1. The number of rotatable bonds is 6. The summed E-state index contributed by atoms with van der Waals surface area (Å²) in [5, 5.41) is 3.44. The monoisotopic (exact) mass is 302 g/mol. The Morgan fingerprint density at radius 1 is 1.50 bits per heavy atom. The maximum absolute atomic E-state index is 5.93. The van der Waals surface area contributed by atoms with E-state index in [1.165, 1.54) is 11.5 Å². The van der Waals surface area contributed by atoms with Crippen molar-refractivity contribution in [2.75, 3.05) is 22.6 Å². The Morgan fingerprint density at radius 2 is 2.25 bits per heavy atom. The Bertz CT molecular complexity index is 331. The molecule has 0 aliphatic rings. The lowest BCUT2D eigenvalue weighted by atomic mass is 10.2. The van der Waals surface area contributed by atoms with Gasteiger partial charge in [-0.05, 0) is 43.0 Å². The number of nitrogens with one attached hydrogen (secondary N) is 1. The fourth-order valence-corrected chi connectivity index (χ4v) is 2.59. The lowest BCUT2D eigenvalue weighted by Crippen LogP contribution is -2.16. The number of benzene rings is 1. The van der Waals surface area contributed by atoms with E-state index in [4.69, 9.17) is 5.73 Å². The Labute approximate surface area is 111 Å². The molecule has 1 unspecified atom stereocenters. The van der Waals surface area contributed by atoms with E-state index in [1.807, 2.05) is 30.0 Å². The van der Waals surface area contributed by atoms with Crippen LogP contribution in [0.5, 0.6) is 0 Å². The highest BCUT2D eigenvalue weighted by molar-refractivity contribution is 9.10. The minimum Gasteiger partial charge on any atom is -0.397 e. The third kappa shape index (κ3) is 4.66. The van der Waals surface area contributed by atoms with Gasteiger partial charge in [-0.15, -0.1) is 0 Å². The average molecular weight is 303 g/mol. The summed E-state index contributed by atoms with van der Waals surface area (Å²) in [5.74, 6) is 2.38. The molecule has 0 amide bonds. The van der Waals surface area contributed by atoms with Gasteiger partial charge in [0.15, 0.2) is 0 Å². The second-order valence-corrected chi connectivity index (χ2v) is 6.07. The Hall–Kier alpha value is -0.350. The van der Waals surface area contributed by atoms with Crippen molar-refractivity contribution < 1.29 is 0 Å². The normalized spacial score (nSPS) is 12.4. The molecule has 90 valence electrons. The van der Waals surface area contributed by atoms with Crippen LogP contribution in [0.2, 0.25) is 0 Å². The molecule has 16 heavy (non-hydrogen) atoms. The Balaban J connectivity index is 2.46. The van der Waals surface area contributed by atoms with Crippen LogP contribution in [0.4, 0.5) is 11.4 Å². The zero-order chi connectivity index (χ0) is 12.0. The topological polar surface area (TPSA) is 38.0 Å². The first kappa shape index (κ1) is 13.7. The smallest absolute Gasteiger partial charge is 0.0576 e. The van der Waals surface area contributed by atoms with Crippen LogP contribution in [0.1, 0.15) is 20.3 Å². The molecule has 0 aliphatic heterocycles. The molecule has 0 saturated heterocycles. The summed E-state index contributed by atoms with van der Waals surface area (Å²) in [7, 11) is 0. The predicted octanol–water partition coefficient (Wildman–Crippen LogP) is 3.97. The van der Waals surface area contributed by atoms with Gasteiger partial charge in [0.05, 0.1) is 11.4 Å². The van der Waals surface area contributed by atoms with Gasteiger partial charge in [0.1, 0.15) is 0 Å². The zero-order valence-electron chi connectivity index (χ0n) is 9.79. The van der Waals surface area contributed by atoms with E-state index < -0.39 is 0 Å². The van der Waals surface area contributed by atoms with Gasteiger partial charge in [-0.2, -0.15) is 11.8 Å². The molecule has 0 radical (unpaired) electrons. The fourth-order valence-electron chi connectivity index (χ4n) is 1.41. The largest absolute Gasteiger partial charge is 0.397 e. The molecule has 1 aromatic carbocycles. The first-order valence-corrected chi connectivity index (χ1v) is 7.47. The molecule has 1 aromatic rings. The van der Waals surface area contributed by atoms with Crippen LogP contribution in [0.3, 0.4) is 0 Å². The summed E-state index contributed by atoms with van der Waals surface area (Å²) >= 11 is 5.38. The fraction of sp³-hybridized carbons (Fsp3) is 0.500. The second-order valence-electron chi connectivity index (χ2n) is 3.76. The molecule has 0 heterocycles. The van der Waals surface area contributed by atoms with Crippen molar-refractivity contribution in [1.29, 1.82) is 0 Å². The van der Waals surface area contributed by atoms with Crippen LogP contribution in [-0.2, 0) is 0 Å². The van der Waals surface area contributed by atoms with Gasteiger partial charge in [0.25, 0.3) is 0 Å². The number of nitrogens with two attached hydrogens (primary N) is 1. The van der Waals surface area contributed by atoms with Crippen LogP contribution in [0, 0.1) is 0 Å². The van der Waals surface area contributed by atoms with Gasteiger partial charge in [-0.1, -0.05) is 22.9 Å². The van der Waals surface area contributed by atoms with E-state index in [0.717, 1.165) is 22.3 Å². The van der Waals surface area contributed by atoms with Crippen molar-refractivity contribution in [1.82, 2.24) is 0 Å². The first-order chi connectivity index (χ1) is 7.63. The Morgan fingerprint density at radius 3 is 2.88 bits per heavy atom. The van der Waals surface area contributed by atoms with Crippen molar-refractivity contribution in [3.8, 4) is 0 Å². The maximum atomic E-state index is 5.93. The van der Waals surface area contributed by atoms with Gasteiger partial charge in [-0.3, -0.25) is 0 Å². The van der Waals surface area contributed by atoms with Crippen LogP contribution >= 0.6 is 27.7 Å². The number of hydrogen-bond donors (Lipinski definition) is 2. The molecule has 4 heteroatoms. The van der Waals surface area contributed by atoms with E-state index in [-0.39, 0.29) is 0 Å². The van der Waals surface area contributed by atoms with Crippen molar-refractivity contribution >= 4 is 39.1 Å². The molecule has 1 atom stereocenters. The van der Waals surface area contributed by atoms with E-state index in [2.05, 4.69) is 35.1 Å². The number of nitrogen functional groups attached to an aromatic ring is 1. The SMILES string of the molecule is CCSCCC(C)Nc1ccc(Br)cc1N. The highest BCUT2D eigenvalue weighted by atomic mass is 79.9. The van der Waals surface area contributed by atoms with Crippen molar-refractivity contribution in [3.63, 3.8) is 0 Å². The maximum Gasteiger partial charge on any atom is 0.0576 e. The van der Waals surface area contributed by atoms with E-state index >= 15 is 0 Å². The molecule has 0 aromatic heterocycles. The Kier molecular flexibility index (Phi) is 6.06. The molecule has 0 spiro atoms. The molecule has 0 aliphatic carbocycles. The van der Waals surface area contributed by atoms with Gasteiger partial charge >= 0.3 is 0 Å². The standard InChI is InChI=1S/C12H19BrN2S/c1-3-16-7-6-9(2)15-12-5-4-10(13)8-11(12)14/h4-5,8-9,15H,3,6-7,14H2,1-2H3. The van der Waals surface area contributed by atoms with E-state index in [0.29, 0.717) is 6.04 Å². The van der Waals surface area contributed by atoms with Crippen LogP contribution in [0.15, 0.2) is 22.7 Å². The van der Waals surface area contributed by atoms with E-state index in [9.17, 15) is 0 Å². The zero-order valence-corrected chi connectivity index (χ0v) is 12.2. The minimum absolute atomic E-state index is 0.461. The molecule has 0 fully saturated rings. The summed E-state index contributed by atoms with van der Waals surface area (Å²) in [5.41, 5.74) is 7.75. The van der Waals surface area contributed by atoms with Gasteiger partial charge in [0.2, 0.25) is 0 Å². The molecule has 3 N–H and O–H groups in total. The third-order valence-corrected chi connectivity index (χ3v) is 3.74. The van der Waals surface area contributed by atoms with Crippen molar-refractivity contribution in [3.05, 3.63) is 22.7 Å². The number of hydrogen-bond acceptors (Lipinski definition) is 3. The van der Waals surface area contributed by atoms with Crippen LogP contribution < -0.4 is 11.1 Å². The van der Waals surface area contributed by atoms with E-state index in [1.54, 1.807) is 0 Å². The summed E-state index contributed by atoms with van der Waals surface area (Å²) in [6.45, 7) is 4.38. The highest BCUT2D eigenvalue weighted by Crippen LogP contribution is 2.24. The summed E-state index contributed by atoms with van der Waals surface area (Å²) in [4.78, 5) is 0. The summed E-state index contributed by atoms with van der Waals surface area (Å²) < 4.78 is 1.02. The number of thioether (sulfide) groups is 1. The van der Waals surface area contributed by atoms with Crippen molar-refractivity contribution in [2.45, 2.75) is 26.3 Å². The molecule has 2 nitrogen and oxygen atoms in total. The quantitative estimate of drug-likeness (QED) is 0.617. The van der Waals surface area contributed by atoms with Crippen LogP contribution in [0.25, 0.3) is 0 Å². The van der Waals surface area contributed by atoms with Crippen molar-refractivity contribution in [2.24, 2.45) is 0 Å². The molecule has 0 bridgehead atoms. The highest BCUT2D eigenvalue weighted by Gasteiger charge is 2.04.